The molecule has 0 aliphatic heterocycles. The van der Waals surface area contributed by atoms with Crippen LogP contribution in [-0.4, -0.2) is 37.7 Å². The van der Waals surface area contributed by atoms with Gasteiger partial charge in [-0.05, 0) is 44.2 Å². The predicted octanol–water partition coefficient (Wildman–Crippen LogP) is 6.54. The second-order valence-electron chi connectivity index (χ2n) is 7.55. The molecule has 0 fully saturated rings. The molecule has 0 aromatic heterocycles. The van der Waals surface area contributed by atoms with E-state index in [1.165, 1.54) is 77.3 Å². The van der Waals surface area contributed by atoms with Gasteiger partial charge in [0.05, 0.1) is 6.61 Å². The number of rotatable bonds is 18. The van der Waals surface area contributed by atoms with Crippen LogP contribution < -0.4 is 0 Å². The summed E-state index contributed by atoms with van der Waals surface area (Å²) in [6.45, 7) is 17.0. The maximum absolute atomic E-state index is 6.09. The van der Waals surface area contributed by atoms with Crippen molar-refractivity contribution >= 4 is 0 Å². The Morgan fingerprint density at radius 3 is 1.79 bits per heavy atom. The van der Waals surface area contributed by atoms with Gasteiger partial charge in [-0.2, -0.15) is 0 Å². The van der Waals surface area contributed by atoms with E-state index in [2.05, 4.69) is 39.5 Å². The van der Waals surface area contributed by atoms with Crippen LogP contribution in [0.2, 0.25) is 0 Å². The summed E-state index contributed by atoms with van der Waals surface area (Å²) in [5, 5.41) is 0. The predicted molar refractivity (Wildman–Crippen MR) is 109 cm³/mol. The smallest absolute Gasteiger partial charge is 0.0593 e. The number of unbranched alkanes of at least 4 members (excludes halogenated alkanes) is 3. The summed E-state index contributed by atoms with van der Waals surface area (Å²) >= 11 is 0. The van der Waals surface area contributed by atoms with E-state index in [1.807, 2.05) is 0 Å². The average molecular weight is 342 g/mol. The van der Waals surface area contributed by atoms with Gasteiger partial charge in [-0.3, -0.25) is 0 Å². The van der Waals surface area contributed by atoms with Crippen LogP contribution in [0.3, 0.4) is 0 Å². The highest BCUT2D eigenvalue weighted by Gasteiger charge is 2.14. The van der Waals surface area contributed by atoms with Crippen LogP contribution in [0.5, 0.6) is 0 Å². The van der Waals surface area contributed by atoms with Crippen LogP contribution >= 0.6 is 0 Å². The van der Waals surface area contributed by atoms with Crippen molar-refractivity contribution in [3.05, 3.63) is 0 Å². The lowest BCUT2D eigenvalue weighted by molar-refractivity contribution is 0.0676. The second-order valence-corrected chi connectivity index (χ2v) is 7.55. The van der Waals surface area contributed by atoms with E-state index >= 15 is 0 Å². The fourth-order valence-electron chi connectivity index (χ4n) is 3.35. The van der Waals surface area contributed by atoms with Gasteiger partial charge in [0.25, 0.3) is 0 Å². The van der Waals surface area contributed by atoms with Crippen molar-refractivity contribution in [3.8, 4) is 0 Å². The minimum absolute atomic E-state index is 0.756. The molecule has 2 atom stereocenters. The molecule has 0 amide bonds. The third-order valence-electron chi connectivity index (χ3n) is 5.35. The van der Waals surface area contributed by atoms with Gasteiger partial charge in [-0.1, -0.05) is 79.6 Å². The van der Waals surface area contributed by atoms with Crippen molar-refractivity contribution in [1.29, 1.82) is 0 Å². The summed E-state index contributed by atoms with van der Waals surface area (Å²) in [5.74, 6) is 1.66. The highest BCUT2D eigenvalue weighted by Crippen LogP contribution is 2.23. The Balaban J connectivity index is 4.00. The van der Waals surface area contributed by atoms with Crippen molar-refractivity contribution in [3.63, 3.8) is 0 Å². The summed E-state index contributed by atoms with van der Waals surface area (Å²) in [7, 11) is 0. The zero-order valence-corrected chi connectivity index (χ0v) is 17.6. The van der Waals surface area contributed by atoms with Gasteiger partial charge in [0.1, 0.15) is 0 Å². The Labute approximate surface area is 153 Å². The maximum atomic E-state index is 6.09. The van der Waals surface area contributed by atoms with Crippen molar-refractivity contribution in [1.82, 2.24) is 4.90 Å². The molecule has 0 N–H and O–H groups in total. The van der Waals surface area contributed by atoms with E-state index in [1.54, 1.807) is 0 Å². The van der Waals surface area contributed by atoms with Crippen LogP contribution in [0.4, 0.5) is 0 Å². The lowest BCUT2D eigenvalue weighted by atomic mass is 9.88. The van der Waals surface area contributed by atoms with Crippen LogP contribution in [0.1, 0.15) is 98.8 Å². The fourth-order valence-corrected chi connectivity index (χ4v) is 3.35. The van der Waals surface area contributed by atoms with Gasteiger partial charge in [0.2, 0.25) is 0 Å². The first-order valence-electron chi connectivity index (χ1n) is 11.0. The minimum Gasteiger partial charge on any atom is -0.380 e. The quantitative estimate of drug-likeness (QED) is 0.262. The Bertz CT molecular complexity index is 236. The molecule has 0 rings (SSSR count). The number of hydrogen-bond acceptors (Lipinski definition) is 2. The molecule has 2 unspecified atom stereocenters. The van der Waals surface area contributed by atoms with E-state index < -0.39 is 0 Å². The first kappa shape index (κ1) is 23.9. The van der Waals surface area contributed by atoms with Crippen LogP contribution in [0.25, 0.3) is 0 Å². The zero-order chi connectivity index (χ0) is 18.0. The molecule has 0 heterocycles. The van der Waals surface area contributed by atoms with Crippen molar-refractivity contribution in [2.24, 2.45) is 11.8 Å². The van der Waals surface area contributed by atoms with Gasteiger partial charge < -0.3 is 9.64 Å². The SMILES string of the molecule is CCCCC(CC)CC(CC)COCCN(CCCC)CCCC. The molecule has 0 radical (unpaired) electrons. The summed E-state index contributed by atoms with van der Waals surface area (Å²) in [6.07, 6.45) is 13.3. The summed E-state index contributed by atoms with van der Waals surface area (Å²) in [4.78, 5) is 2.60. The highest BCUT2D eigenvalue weighted by molar-refractivity contribution is 4.65. The molecule has 0 bridgehead atoms. The molecule has 146 valence electrons. The molecular weight excluding hydrogens is 294 g/mol. The molecule has 0 aliphatic rings. The van der Waals surface area contributed by atoms with E-state index in [9.17, 15) is 0 Å². The Morgan fingerprint density at radius 2 is 1.29 bits per heavy atom. The normalized spacial score (nSPS) is 14.2. The molecule has 0 aromatic carbocycles. The highest BCUT2D eigenvalue weighted by atomic mass is 16.5. The molecule has 0 aromatic rings. The van der Waals surface area contributed by atoms with Gasteiger partial charge in [-0.15, -0.1) is 0 Å². The van der Waals surface area contributed by atoms with Gasteiger partial charge in [0.15, 0.2) is 0 Å². The topological polar surface area (TPSA) is 12.5 Å². The Hall–Kier alpha value is -0.0800. The monoisotopic (exact) mass is 341 g/mol. The minimum atomic E-state index is 0.756. The van der Waals surface area contributed by atoms with E-state index in [-0.39, 0.29) is 0 Å². The van der Waals surface area contributed by atoms with E-state index in [4.69, 9.17) is 4.74 Å². The van der Waals surface area contributed by atoms with Crippen LogP contribution in [0.15, 0.2) is 0 Å². The van der Waals surface area contributed by atoms with Gasteiger partial charge in [-0.25, -0.2) is 0 Å². The third-order valence-corrected chi connectivity index (χ3v) is 5.35. The van der Waals surface area contributed by atoms with Crippen LogP contribution in [-0.2, 0) is 4.74 Å². The average Bonchev–Trinajstić information content (AvgIpc) is 2.61. The lowest BCUT2D eigenvalue weighted by Crippen LogP contribution is -2.30. The van der Waals surface area contributed by atoms with Gasteiger partial charge >= 0.3 is 0 Å². The largest absolute Gasteiger partial charge is 0.380 e. The summed E-state index contributed by atoms with van der Waals surface area (Å²) < 4.78 is 6.09. The second kappa shape index (κ2) is 17.7. The standard InChI is InChI=1S/C22H47NO/c1-6-11-14-21(9-4)19-22(10-5)20-24-18-17-23(15-12-7-2)16-13-8-3/h21-22H,6-20H2,1-5H3. The van der Waals surface area contributed by atoms with Crippen molar-refractivity contribution < 1.29 is 4.74 Å². The van der Waals surface area contributed by atoms with Crippen LogP contribution in [0, 0.1) is 11.8 Å². The molecule has 2 heteroatoms. The van der Waals surface area contributed by atoms with Crippen molar-refractivity contribution in [2.45, 2.75) is 98.8 Å². The summed E-state index contributed by atoms with van der Waals surface area (Å²) in [5.41, 5.74) is 0. The number of nitrogens with zero attached hydrogens (tertiary/aromatic N) is 1. The maximum Gasteiger partial charge on any atom is 0.0593 e. The molecule has 24 heavy (non-hydrogen) atoms. The third kappa shape index (κ3) is 13.2. The van der Waals surface area contributed by atoms with Crippen molar-refractivity contribution in [2.75, 3.05) is 32.8 Å². The Morgan fingerprint density at radius 1 is 0.708 bits per heavy atom. The molecule has 0 saturated heterocycles. The summed E-state index contributed by atoms with van der Waals surface area (Å²) in [6, 6.07) is 0. The molecule has 0 spiro atoms. The Kier molecular flexibility index (Phi) is 17.7. The van der Waals surface area contributed by atoms with Gasteiger partial charge in [0, 0.05) is 13.2 Å². The number of hydrogen-bond donors (Lipinski definition) is 0. The molecule has 0 saturated carbocycles. The van der Waals surface area contributed by atoms with E-state index in [0.717, 1.165) is 31.6 Å². The molecular formula is C22H47NO. The first-order chi connectivity index (χ1) is 11.7. The first-order valence-corrected chi connectivity index (χ1v) is 11.0. The lowest BCUT2D eigenvalue weighted by Gasteiger charge is -2.24. The zero-order valence-electron chi connectivity index (χ0n) is 17.6. The fraction of sp³-hybridized carbons (Fsp3) is 1.00. The molecule has 2 nitrogen and oxygen atoms in total. The van der Waals surface area contributed by atoms with E-state index in [0.29, 0.717) is 0 Å². The molecule has 0 aliphatic carbocycles. The number of ether oxygens (including phenoxy) is 1.